The van der Waals surface area contributed by atoms with E-state index in [2.05, 4.69) is 15.5 Å². The highest BCUT2D eigenvalue weighted by molar-refractivity contribution is 5.90. The van der Waals surface area contributed by atoms with Crippen LogP contribution in [0.4, 0.5) is 10.1 Å². The first-order valence-electron chi connectivity index (χ1n) is 7.66. The first kappa shape index (κ1) is 15.9. The first-order valence-corrected chi connectivity index (χ1v) is 7.66. The Morgan fingerprint density at radius 2 is 2.08 bits per heavy atom. The van der Waals surface area contributed by atoms with Gasteiger partial charge in [-0.15, -0.1) is 0 Å². The largest absolute Gasteiger partial charge is 0.323 e. The zero-order valence-electron chi connectivity index (χ0n) is 13.3. The molecular weight excluding hydrogens is 309 g/mol. The molecule has 3 rings (SSSR count). The molecule has 1 amide bonds. The number of anilines is 1. The second kappa shape index (κ2) is 7.08. The second-order valence-electron chi connectivity index (χ2n) is 5.51. The molecule has 0 unspecified atom stereocenters. The lowest BCUT2D eigenvalue weighted by atomic mass is 10.2. The van der Waals surface area contributed by atoms with Gasteiger partial charge in [0.2, 0.25) is 5.91 Å². The van der Waals surface area contributed by atoms with Crippen LogP contribution in [0, 0.1) is 12.7 Å². The summed E-state index contributed by atoms with van der Waals surface area (Å²) in [5, 5.41) is 11.1. The molecule has 6 nitrogen and oxygen atoms in total. The monoisotopic (exact) mass is 327 g/mol. The lowest BCUT2D eigenvalue weighted by Crippen LogP contribution is -2.15. The van der Waals surface area contributed by atoms with Crippen LogP contribution >= 0.6 is 0 Å². The van der Waals surface area contributed by atoms with Crippen LogP contribution in [0.5, 0.6) is 0 Å². The molecule has 0 atom stereocenters. The maximum absolute atomic E-state index is 13.6. The lowest BCUT2D eigenvalue weighted by molar-refractivity contribution is -0.116. The highest BCUT2D eigenvalue weighted by Crippen LogP contribution is 2.11. The number of aryl methyl sites for hydroxylation is 2. The van der Waals surface area contributed by atoms with Gasteiger partial charge in [-0.2, -0.15) is 10.2 Å². The van der Waals surface area contributed by atoms with Crippen molar-refractivity contribution in [3.8, 4) is 0 Å². The lowest BCUT2D eigenvalue weighted by Gasteiger charge is -2.05. The Hall–Kier alpha value is -2.96. The number of hydrogen-bond acceptors (Lipinski definition) is 3. The van der Waals surface area contributed by atoms with Crippen molar-refractivity contribution in [3.63, 3.8) is 0 Å². The molecule has 0 fully saturated rings. The normalized spacial score (nSPS) is 10.8. The molecule has 0 aliphatic carbocycles. The third kappa shape index (κ3) is 3.87. The van der Waals surface area contributed by atoms with Crippen LogP contribution in [0.25, 0.3) is 0 Å². The van der Waals surface area contributed by atoms with E-state index in [1.807, 2.05) is 13.0 Å². The average molecular weight is 327 g/mol. The standard InChI is InChI=1S/C17H18FN5O/c1-13-6-8-19-23(13)9-7-17(24)21-15-10-20-22(12-15)11-14-4-2-3-5-16(14)18/h2-6,8,10,12H,7,9,11H2,1H3,(H,21,24). The van der Waals surface area contributed by atoms with E-state index in [4.69, 9.17) is 0 Å². The summed E-state index contributed by atoms with van der Waals surface area (Å²) in [5.41, 5.74) is 2.15. The number of aromatic nitrogens is 4. The van der Waals surface area contributed by atoms with E-state index >= 15 is 0 Å². The van der Waals surface area contributed by atoms with E-state index in [9.17, 15) is 9.18 Å². The molecule has 0 saturated heterocycles. The molecule has 124 valence electrons. The van der Waals surface area contributed by atoms with Crippen molar-refractivity contribution in [2.24, 2.45) is 0 Å². The van der Waals surface area contributed by atoms with Crippen LogP contribution in [0.1, 0.15) is 17.7 Å². The summed E-state index contributed by atoms with van der Waals surface area (Å²) in [5.74, 6) is -0.386. The van der Waals surface area contributed by atoms with Crippen molar-refractivity contribution in [1.29, 1.82) is 0 Å². The molecule has 2 heterocycles. The fraction of sp³-hybridized carbons (Fsp3) is 0.235. The van der Waals surface area contributed by atoms with Gasteiger partial charge in [-0.05, 0) is 19.1 Å². The third-order valence-electron chi connectivity index (χ3n) is 3.69. The average Bonchev–Trinajstić information content (AvgIpc) is 3.17. The van der Waals surface area contributed by atoms with E-state index in [0.717, 1.165) is 5.69 Å². The van der Waals surface area contributed by atoms with Gasteiger partial charge in [0.05, 0.1) is 18.4 Å². The van der Waals surface area contributed by atoms with E-state index in [1.165, 1.54) is 6.07 Å². The van der Waals surface area contributed by atoms with Crippen LogP contribution in [0.15, 0.2) is 48.9 Å². The fourth-order valence-corrected chi connectivity index (χ4v) is 2.38. The molecule has 0 saturated carbocycles. The minimum absolute atomic E-state index is 0.115. The maximum Gasteiger partial charge on any atom is 0.226 e. The minimum atomic E-state index is -0.270. The van der Waals surface area contributed by atoms with Crippen LogP contribution in [-0.2, 0) is 17.9 Å². The Kier molecular flexibility index (Phi) is 4.69. The summed E-state index contributed by atoms with van der Waals surface area (Å²) in [4.78, 5) is 12.0. The number of carbonyl (C=O) groups excluding carboxylic acids is 1. The van der Waals surface area contributed by atoms with E-state index < -0.39 is 0 Å². The number of halogens is 1. The Balaban J connectivity index is 1.55. The minimum Gasteiger partial charge on any atom is -0.323 e. The highest BCUT2D eigenvalue weighted by Gasteiger charge is 2.08. The number of nitrogens with zero attached hydrogens (tertiary/aromatic N) is 4. The van der Waals surface area contributed by atoms with E-state index in [1.54, 1.807) is 46.2 Å². The molecule has 24 heavy (non-hydrogen) atoms. The Morgan fingerprint density at radius 1 is 1.25 bits per heavy atom. The highest BCUT2D eigenvalue weighted by atomic mass is 19.1. The summed E-state index contributed by atoms with van der Waals surface area (Å²) in [6.45, 7) is 2.78. The summed E-state index contributed by atoms with van der Waals surface area (Å²) in [6.07, 6.45) is 5.27. The molecule has 0 spiro atoms. The number of amides is 1. The number of benzene rings is 1. The van der Waals surface area contributed by atoms with Crippen LogP contribution in [-0.4, -0.2) is 25.5 Å². The van der Waals surface area contributed by atoms with Crippen molar-refractivity contribution in [2.45, 2.75) is 26.4 Å². The summed E-state index contributed by atoms with van der Waals surface area (Å²) >= 11 is 0. The smallest absolute Gasteiger partial charge is 0.226 e. The fourth-order valence-electron chi connectivity index (χ4n) is 2.38. The predicted molar refractivity (Wildman–Crippen MR) is 87.9 cm³/mol. The Labute approximate surface area is 138 Å². The number of carbonyl (C=O) groups is 1. The van der Waals surface area contributed by atoms with Gasteiger partial charge in [0.25, 0.3) is 0 Å². The molecule has 7 heteroatoms. The number of nitrogens with one attached hydrogen (secondary N) is 1. The van der Waals surface area contributed by atoms with E-state index in [-0.39, 0.29) is 11.7 Å². The van der Waals surface area contributed by atoms with Gasteiger partial charge in [-0.1, -0.05) is 18.2 Å². The van der Waals surface area contributed by atoms with Gasteiger partial charge < -0.3 is 5.32 Å². The van der Waals surface area contributed by atoms with Gasteiger partial charge in [-0.25, -0.2) is 4.39 Å². The van der Waals surface area contributed by atoms with Crippen LogP contribution < -0.4 is 5.32 Å². The zero-order chi connectivity index (χ0) is 16.9. The van der Waals surface area contributed by atoms with Gasteiger partial charge >= 0.3 is 0 Å². The molecule has 1 N–H and O–H groups in total. The molecule has 0 aliphatic heterocycles. The topological polar surface area (TPSA) is 64.7 Å². The Morgan fingerprint density at radius 3 is 2.83 bits per heavy atom. The van der Waals surface area contributed by atoms with Gasteiger partial charge in [-0.3, -0.25) is 14.2 Å². The van der Waals surface area contributed by atoms with Gasteiger partial charge in [0, 0.05) is 36.6 Å². The van der Waals surface area contributed by atoms with Crippen LogP contribution in [0.2, 0.25) is 0 Å². The number of rotatable bonds is 6. The van der Waals surface area contributed by atoms with Crippen molar-refractivity contribution in [1.82, 2.24) is 19.6 Å². The zero-order valence-corrected chi connectivity index (χ0v) is 13.3. The molecule has 0 bridgehead atoms. The molecular formula is C17H18FN5O. The third-order valence-corrected chi connectivity index (χ3v) is 3.69. The van der Waals surface area contributed by atoms with Crippen molar-refractivity contribution in [2.75, 3.05) is 5.32 Å². The summed E-state index contributed by atoms with van der Waals surface area (Å²) in [6, 6.07) is 8.45. The second-order valence-corrected chi connectivity index (χ2v) is 5.51. The molecule has 0 aliphatic rings. The van der Waals surface area contributed by atoms with Gasteiger partial charge in [0.15, 0.2) is 0 Å². The molecule has 2 aromatic heterocycles. The van der Waals surface area contributed by atoms with E-state index in [0.29, 0.717) is 30.8 Å². The van der Waals surface area contributed by atoms with Gasteiger partial charge in [0.1, 0.15) is 5.82 Å². The molecule has 0 radical (unpaired) electrons. The van der Waals surface area contributed by atoms with Crippen LogP contribution in [0.3, 0.4) is 0 Å². The summed E-state index contributed by atoms with van der Waals surface area (Å²) < 4.78 is 17.0. The van der Waals surface area contributed by atoms with Crippen molar-refractivity contribution in [3.05, 3.63) is 66.0 Å². The first-order chi connectivity index (χ1) is 11.6. The van der Waals surface area contributed by atoms with Crippen molar-refractivity contribution >= 4 is 11.6 Å². The quantitative estimate of drug-likeness (QED) is 0.757. The molecule has 3 aromatic rings. The van der Waals surface area contributed by atoms with Crippen molar-refractivity contribution < 1.29 is 9.18 Å². The molecule has 1 aromatic carbocycles. The summed E-state index contributed by atoms with van der Waals surface area (Å²) in [7, 11) is 0. The number of hydrogen-bond donors (Lipinski definition) is 1. The predicted octanol–water partition coefficient (Wildman–Crippen LogP) is 2.60. The SMILES string of the molecule is Cc1ccnn1CCC(=O)Nc1cnn(Cc2ccccc2F)c1. The Bertz CT molecular complexity index is 839. The maximum atomic E-state index is 13.6.